The topological polar surface area (TPSA) is 54.2 Å². The molecule has 0 bridgehead atoms. The maximum Gasteiger partial charge on any atom is 0.146 e. The van der Waals surface area contributed by atoms with Crippen LogP contribution in [0.4, 0.5) is 11.5 Å². The molecule has 2 heterocycles. The van der Waals surface area contributed by atoms with Crippen molar-refractivity contribution in [3.05, 3.63) is 18.3 Å². The molecule has 0 radical (unpaired) electrons. The highest BCUT2D eigenvalue weighted by atomic mass is 15.1. The Morgan fingerprint density at radius 2 is 2.38 bits per heavy atom. The number of piperidine rings is 1. The fourth-order valence-corrected chi connectivity index (χ4v) is 2.31. The third kappa shape index (κ3) is 2.44. The Labute approximate surface area is 96.8 Å². The molecule has 1 aromatic rings. The quantitative estimate of drug-likeness (QED) is 0.791. The number of nitrogens with zero attached hydrogens (tertiary/aromatic N) is 2. The van der Waals surface area contributed by atoms with Crippen LogP contribution >= 0.6 is 0 Å². The number of nitrogens with two attached hydrogens (primary N) is 1. The number of rotatable bonds is 2. The van der Waals surface area contributed by atoms with Crippen molar-refractivity contribution < 1.29 is 0 Å². The lowest BCUT2D eigenvalue weighted by Crippen LogP contribution is -2.43. The number of nitrogens with one attached hydrogen (secondary N) is 1. The van der Waals surface area contributed by atoms with E-state index >= 15 is 0 Å². The number of hydrogen-bond donors (Lipinski definition) is 2. The van der Waals surface area contributed by atoms with Crippen LogP contribution in [0.25, 0.3) is 0 Å². The zero-order valence-corrected chi connectivity index (χ0v) is 9.98. The Hall–Kier alpha value is -1.29. The minimum atomic E-state index is 0.502. The second-order valence-electron chi connectivity index (χ2n) is 4.72. The average molecular weight is 220 g/mol. The molecule has 2 unspecified atom stereocenters. The van der Waals surface area contributed by atoms with E-state index in [0.29, 0.717) is 17.8 Å². The summed E-state index contributed by atoms with van der Waals surface area (Å²) < 4.78 is 0. The van der Waals surface area contributed by atoms with Crippen LogP contribution in [0.1, 0.15) is 13.3 Å². The second-order valence-corrected chi connectivity index (χ2v) is 4.72. The molecule has 2 rings (SSSR count). The third-order valence-corrected chi connectivity index (χ3v) is 3.29. The van der Waals surface area contributed by atoms with Gasteiger partial charge in [0.05, 0.1) is 5.69 Å². The first-order valence-electron chi connectivity index (χ1n) is 5.82. The van der Waals surface area contributed by atoms with Crippen molar-refractivity contribution in [1.82, 2.24) is 9.88 Å². The molecule has 0 saturated carbocycles. The highest BCUT2D eigenvalue weighted by Crippen LogP contribution is 2.22. The first kappa shape index (κ1) is 11.2. The first-order chi connectivity index (χ1) is 7.66. The summed E-state index contributed by atoms with van der Waals surface area (Å²) in [5.74, 6) is 1.23. The summed E-state index contributed by atoms with van der Waals surface area (Å²) in [5, 5.41) is 3.51. The molecule has 0 aliphatic carbocycles. The van der Waals surface area contributed by atoms with E-state index in [4.69, 9.17) is 5.73 Å². The first-order valence-corrected chi connectivity index (χ1v) is 5.82. The van der Waals surface area contributed by atoms with Gasteiger partial charge in [-0.3, -0.25) is 0 Å². The molecule has 16 heavy (non-hydrogen) atoms. The fourth-order valence-electron chi connectivity index (χ4n) is 2.31. The summed E-state index contributed by atoms with van der Waals surface area (Å²) in [4.78, 5) is 6.46. The largest absolute Gasteiger partial charge is 0.382 e. The molecule has 0 spiro atoms. The number of hydrogen-bond acceptors (Lipinski definition) is 4. The smallest absolute Gasteiger partial charge is 0.146 e. The summed E-state index contributed by atoms with van der Waals surface area (Å²) in [6, 6.07) is 4.41. The van der Waals surface area contributed by atoms with Gasteiger partial charge in [-0.05, 0) is 38.1 Å². The van der Waals surface area contributed by atoms with Gasteiger partial charge in [-0.15, -0.1) is 0 Å². The van der Waals surface area contributed by atoms with Crippen molar-refractivity contribution in [2.45, 2.75) is 19.4 Å². The van der Waals surface area contributed by atoms with Crippen LogP contribution in [0.2, 0.25) is 0 Å². The van der Waals surface area contributed by atoms with Gasteiger partial charge in [0, 0.05) is 18.8 Å². The van der Waals surface area contributed by atoms with Crippen LogP contribution in [-0.4, -0.2) is 36.1 Å². The number of likely N-dealkylation sites (tertiary alicyclic amines) is 1. The molecule has 4 nitrogen and oxygen atoms in total. The number of nitrogen functional groups attached to an aromatic ring is 1. The normalized spacial score (nSPS) is 26.6. The van der Waals surface area contributed by atoms with E-state index in [-0.39, 0.29) is 0 Å². The van der Waals surface area contributed by atoms with Crippen molar-refractivity contribution in [2.24, 2.45) is 5.92 Å². The van der Waals surface area contributed by atoms with Gasteiger partial charge in [0.15, 0.2) is 0 Å². The molecule has 1 aliphatic rings. The van der Waals surface area contributed by atoms with Crippen molar-refractivity contribution in [3.8, 4) is 0 Å². The molecule has 1 aromatic heterocycles. The van der Waals surface area contributed by atoms with Crippen LogP contribution in [-0.2, 0) is 0 Å². The Balaban J connectivity index is 2.02. The van der Waals surface area contributed by atoms with Gasteiger partial charge in [-0.2, -0.15) is 0 Å². The van der Waals surface area contributed by atoms with Crippen LogP contribution in [0.5, 0.6) is 0 Å². The maximum absolute atomic E-state index is 5.83. The number of aromatic nitrogens is 1. The highest BCUT2D eigenvalue weighted by Gasteiger charge is 2.24. The Kier molecular flexibility index (Phi) is 3.29. The van der Waals surface area contributed by atoms with E-state index in [0.717, 1.165) is 25.2 Å². The van der Waals surface area contributed by atoms with Crippen LogP contribution in [0, 0.1) is 5.92 Å². The summed E-state index contributed by atoms with van der Waals surface area (Å²) in [6.07, 6.45) is 2.88. The Bertz CT molecular complexity index is 353. The van der Waals surface area contributed by atoms with Crippen molar-refractivity contribution in [3.63, 3.8) is 0 Å². The van der Waals surface area contributed by atoms with E-state index in [1.165, 1.54) is 0 Å². The Morgan fingerprint density at radius 1 is 1.56 bits per heavy atom. The average Bonchev–Trinajstić information content (AvgIpc) is 2.25. The van der Waals surface area contributed by atoms with Crippen LogP contribution < -0.4 is 11.1 Å². The summed E-state index contributed by atoms with van der Waals surface area (Å²) in [7, 11) is 2.17. The monoisotopic (exact) mass is 220 g/mol. The van der Waals surface area contributed by atoms with Crippen molar-refractivity contribution >= 4 is 11.5 Å². The second kappa shape index (κ2) is 4.70. The van der Waals surface area contributed by atoms with Gasteiger partial charge in [0.25, 0.3) is 0 Å². The number of pyridine rings is 1. The lowest BCUT2D eigenvalue weighted by atomic mass is 9.94. The van der Waals surface area contributed by atoms with Gasteiger partial charge in [-0.1, -0.05) is 6.92 Å². The minimum absolute atomic E-state index is 0.502. The SMILES string of the molecule is CC1CN(C)CCC1Nc1cccnc1N. The summed E-state index contributed by atoms with van der Waals surface area (Å²) >= 11 is 0. The fraction of sp³-hybridized carbons (Fsp3) is 0.583. The van der Waals surface area contributed by atoms with Crippen LogP contribution in [0.15, 0.2) is 18.3 Å². The minimum Gasteiger partial charge on any atom is -0.382 e. The molecule has 1 fully saturated rings. The third-order valence-electron chi connectivity index (χ3n) is 3.29. The van der Waals surface area contributed by atoms with Crippen molar-refractivity contribution in [1.29, 1.82) is 0 Å². The van der Waals surface area contributed by atoms with Crippen LogP contribution in [0.3, 0.4) is 0 Å². The molecule has 1 aliphatic heterocycles. The standard InChI is InChI=1S/C12H20N4/c1-9-8-16(2)7-5-10(9)15-11-4-3-6-14-12(11)13/h3-4,6,9-10,15H,5,7-8H2,1-2H3,(H2,13,14). The molecule has 2 atom stereocenters. The lowest BCUT2D eigenvalue weighted by molar-refractivity contribution is 0.206. The Morgan fingerprint density at radius 3 is 3.06 bits per heavy atom. The zero-order valence-electron chi connectivity index (χ0n) is 9.98. The van der Waals surface area contributed by atoms with E-state index < -0.39 is 0 Å². The predicted octanol–water partition coefficient (Wildman–Crippen LogP) is 1.42. The molecular formula is C12H20N4. The highest BCUT2D eigenvalue weighted by molar-refractivity contribution is 5.61. The molecule has 0 amide bonds. The van der Waals surface area contributed by atoms with Gasteiger partial charge in [0.1, 0.15) is 5.82 Å². The van der Waals surface area contributed by atoms with E-state index in [1.54, 1.807) is 6.20 Å². The number of anilines is 2. The summed E-state index contributed by atoms with van der Waals surface area (Å²) in [5.41, 5.74) is 6.79. The molecule has 4 heteroatoms. The zero-order chi connectivity index (χ0) is 11.5. The predicted molar refractivity (Wildman–Crippen MR) is 67.3 cm³/mol. The van der Waals surface area contributed by atoms with Gasteiger partial charge < -0.3 is 16.0 Å². The van der Waals surface area contributed by atoms with Crippen molar-refractivity contribution in [2.75, 3.05) is 31.2 Å². The van der Waals surface area contributed by atoms with E-state index in [9.17, 15) is 0 Å². The molecule has 88 valence electrons. The lowest BCUT2D eigenvalue weighted by Gasteiger charge is -2.35. The molecular weight excluding hydrogens is 200 g/mol. The van der Waals surface area contributed by atoms with Gasteiger partial charge in [0.2, 0.25) is 0 Å². The maximum atomic E-state index is 5.83. The molecule has 3 N–H and O–H groups in total. The summed E-state index contributed by atoms with van der Waals surface area (Å²) in [6.45, 7) is 4.56. The molecule has 0 aromatic carbocycles. The van der Waals surface area contributed by atoms with Gasteiger partial charge in [-0.25, -0.2) is 4.98 Å². The van der Waals surface area contributed by atoms with Gasteiger partial charge >= 0.3 is 0 Å². The molecule has 1 saturated heterocycles. The van der Waals surface area contributed by atoms with E-state index in [2.05, 4.69) is 29.2 Å². The van der Waals surface area contributed by atoms with E-state index in [1.807, 2.05) is 12.1 Å².